The first-order chi connectivity index (χ1) is 7.74. The fraction of sp³-hybridized carbons (Fsp3) is 0.462. The van der Waals surface area contributed by atoms with Crippen molar-refractivity contribution in [3.8, 4) is 0 Å². The van der Waals surface area contributed by atoms with Crippen molar-refractivity contribution in [2.75, 3.05) is 0 Å². The van der Waals surface area contributed by atoms with Gasteiger partial charge in [0, 0.05) is 6.04 Å². The predicted molar refractivity (Wildman–Crippen MR) is 65.1 cm³/mol. The minimum atomic E-state index is 0.196. The number of nitrogens with zero attached hydrogens (tertiary/aromatic N) is 1. The van der Waals surface area contributed by atoms with Crippen LogP contribution in [0, 0.1) is 12.8 Å². The molecule has 1 saturated carbocycles. The average molecular weight is 215 g/mol. The van der Waals surface area contributed by atoms with Gasteiger partial charge in [-0.2, -0.15) is 0 Å². The van der Waals surface area contributed by atoms with Crippen molar-refractivity contribution in [2.24, 2.45) is 11.7 Å². The van der Waals surface area contributed by atoms with Gasteiger partial charge in [-0.05, 0) is 43.4 Å². The van der Waals surface area contributed by atoms with Gasteiger partial charge in [0.15, 0.2) is 0 Å². The topological polar surface area (TPSA) is 54.7 Å². The summed E-state index contributed by atoms with van der Waals surface area (Å²) in [5.74, 6) is 1.64. The molecular formula is C13H17N3. The molecule has 0 bridgehead atoms. The van der Waals surface area contributed by atoms with Gasteiger partial charge in [-0.1, -0.05) is 12.5 Å². The molecule has 0 radical (unpaired) electrons. The summed E-state index contributed by atoms with van der Waals surface area (Å²) >= 11 is 0. The molecule has 0 aliphatic heterocycles. The lowest BCUT2D eigenvalue weighted by molar-refractivity contribution is 0.264. The van der Waals surface area contributed by atoms with E-state index in [1.54, 1.807) is 0 Å². The Hall–Kier alpha value is -1.35. The minimum Gasteiger partial charge on any atom is -0.342 e. The van der Waals surface area contributed by atoms with E-state index in [1.807, 2.05) is 6.92 Å². The SMILES string of the molecule is Cc1nc2ccc(C(N)C3CCC3)cc2[nH]1. The number of aromatic nitrogens is 2. The van der Waals surface area contributed by atoms with Gasteiger partial charge in [0.05, 0.1) is 11.0 Å². The number of nitrogens with two attached hydrogens (primary N) is 1. The summed E-state index contributed by atoms with van der Waals surface area (Å²) in [5.41, 5.74) is 9.63. The molecule has 3 rings (SSSR count). The molecule has 3 heteroatoms. The third-order valence-electron chi connectivity index (χ3n) is 3.67. The maximum Gasteiger partial charge on any atom is 0.104 e. The average Bonchev–Trinajstić information content (AvgIpc) is 2.53. The Morgan fingerprint density at radius 1 is 1.44 bits per heavy atom. The van der Waals surface area contributed by atoms with Crippen molar-refractivity contribution in [1.82, 2.24) is 9.97 Å². The molecule has 2 aromatic rings. The third-order valence-corrected chi connectivity index (χ3v) is 3.67. The Kier molecular flexibility index (Phi) is 2.21. The Labute approximate surface area is 95.1 Å². The van der Waals surface area contributed by atoms with E-state index in [4.69, 9.17) is 5.73 Å². The van der Waals surface area contributed by atoms with E-state index in [9.17, 15) is 0 Å². The van der Waals surface area contributed by atoms with Crippen LogP contribution in [-0.2, 0) is 0 Å². The first-order valence-electron chi connectivity index (χ1n) is 5.96. The molecule has 3 nitrogen and oxygen atoms in total. The molecule has 0 spiro atoms. The van der Waals surface area contributed by atoms with Gasteiger partial charge in [-0.25, -0.2) is 4.98 Å². The molecule has 1 aromatic heterocycles. The van der Waals surface area contributed by atoms with E-state index in [0.29, 0.717) is 5.92 Å². The van der Waals surface area contributed by atoms with Gasteiger partial charge in [0.1, 0.15) is 5.82 Å². The molecular weight excluding hydrogens is 198 g/mol. The number of imidazole rings is 1. The Balaban J connectivity index is 1.97. The minimum absolute atomic E-state index is 0.196. The number of aromatic amines is 1. The molecule has 1 aromatic carbocycles. The van der Waals surface area contributed by atoms with Crippen LogP contribution >= 0.6 is 0 Å². The summed E-state index contributed by atoms with van der Waals surface area (Å²) < 4.78 is 0. The lowest BCUT2D eigenvalue weighted by Gasteiger charge is -2.31. The fourth-order valence-corrected chi connectivity index (χ4v) is 2.43. The molecule has 0 saturated heterocycles. The molecule has 1 fully saturated rings. The van der Waals surface area contributed by atoms with Crippen molar-refractivity contribution in [2.45, 2.75) is 32.2 Å². The fourth-order valence-electron chi connectivity index (χ4n) is 2.43. The number of H-pyrrole nitrogens is 1. The number of hydrogen-bond donors (Lipinski definition) is 2. The van der Waals surface area contributed by atoms with E-state index >= 15 is 0 Å². The van der Waals surface area contributed by atoms with E-state index < -0.39 is 0 Å². The Morgan fingerprint density at radius 3 is 2.94 bits per heavy atom. The third kappa shape index (κ3) is 1.52. The van der Waals surface area contributed by atoms with Crippen LogP contribution < -0.4 is 5.73 Å². The van der Waals surface area contributed by atoms with Crippen LogP contribution in [-0.4, -0.2) is 9.97 Å². The van der Waals surface area contributed by atoms with Crippen LogP contribution in [0.1, 0.15) is 36.7 Å². The maximum absolute atomic E-state index is 6.26. The lowest BCUT2D eigenvalue weighted by Crippen LogP contribution is -2.26. The summed E-state index contributed by atoms with van der Waals surface area (Å²) in [4.78, 5) is 7.66. The highest BCUT2D eigenvalue weighted by Gasteiger charge is 2.25. The second kappa shape index (κ2) is 3.59. The molecule has 1 atom stereocenters. The van der Waals surface area contributed by atoms with Crippen molar-refractivity contribution < 1.29 is 0 Å². The van der Waals surface area contributed by atoms with Crippen LogP contribution in [0.2, 0.25) is 0 Å². The number of benzene rings is 1. The number of nitrogens with one attached hydrogen (secondary N) is 1. The highest BCUT2D eigenvalue weighted by atomic mass is 14.9. The summed E-state index contributed by atoms with van der Waals surface area (Å²) in [6, 6.07) is 6.53. The van der Waals surface area contributed by atoms with Crippen molar-refractivity contribution in [3.05, 3.63) is 29.6 Å². The van der Waals surface area contributed by atoms with Gasteiger partial charge in [0.25, 0.3) is 0 Å². The molecule has 1 aliphatic carbocycles. The maximum atomic E-state index is 6.26. The van der Waals surface area contributed by atoms with E-state index in [2.05, 4.69) is 28.2 Å². The largest absolute Gasteiger partial charge is 0.342 e. The monoisotopic (exact) mass is 215 g/mol. The second-order valence-electron chi connectivity index (χ2n) is 4.82. The standard InChI is InChI=1S/C13H17N3/c1-8-15-11-6-5-10(7-12(11)16-8)13(14)9-3-2-4-9/h5-7,9,13H,2-4,14H2,1H3,(H,15,16). The Morgan fingerprint density at radius 2 is 2.25 bits per heavy atom. The summed E-state index contributed by atoms with van der Waals surface area (Å²) in [7, 11) is 0. The van der Waals surface area contributed by atoms with E-state index in [0.717, 1.165) is 16.9 Å². The molecule has 1 heterocycles. The molecule has 84 valence electrons. The number of aryl methyl sites for hydroxylation is 1. The van der Waals surface area contributed by atoms with E-state index in [1.165, 1.54) is 24.8 Å². The smallest absolute Gasteiger partial charge is 0.104 e. The molecule has 16 heavy (non-hydrogen) atoms. The zero-order valence-electron chi connectivity index (χ0n) is 9.53. The summed E-state index contributed by atoms with van der Waals surface area (Å²) in [6.45, 7) is 1.98. The van der Waals surface area contributed by atoms with Crippen molar-refractivity contribution in [1.29, 1.82) is 0 Å². The van der Waals surface area contributed by atoms with Crippen LogP contribution in [0.15, 0.2) is 18.2 Å². The lowest BCUT2D eigenvalue weighted by atomic mass is 9.77. The Bertz CT molecular complexity index is 511. The zero-order chi connectivity index (χ0) is 11.1. The molecule has 0 amide bonds. The van der Waals surface area contributed by atoms with Gasteiger partial charge >= 0.3 is 0 Å². The first kappa shape index (κ1) is 9.85. The van der Waals surface area contributed by atoms with Gasteiger partial charge in [0.2, 0.25) is 0 Å². The van der Waals surface area contributed by atoms with Crippen molar-refractivity contribution in [3.63, 3.8) is 0 Å². The van der Waals surface area contributed by atoms with Crippen LogP contribution in [0.5, 0.6) is 0 Å². The second-order valence-corrected chi connectivity index (χ2v) is 4.82. The molecule has 1 unspecified atom stereocenters. The number of rotatable bonds is 2. The highest BCUT2D eigenvalue weighted by molar-refractivity contribution is 5.76. The quantitative estimate of drug-likeness (QED) is 0.809. The van der Waals surface area contributed by atoms with Crippen LogP contribution in [0.4, 0.5) is 0 Å². The summed E-state index contributed by atoms with van der Waals surface area (Å²) in [5, 5.41) is 0. The van der Waals surface area contributed by atoms with Crippen molar-refractivity contribution >= 4 is 11.0 Å². The highest BCUT2D eigenvalue weighted by Crippen LogP contribution is 2.36. The normalized spacial score (nSPS) is 18.6. The number of hydrogen-bond acceptors (Lipinski definition) is 2. The van der Waals surface area contributed by atoms with Gasteiger partial charge in [-0.3, -0.25) is 0 Å². The van der Waals surface area contributed by atoms with E-state index in [-0.39, 0.29) is 6.04 Å². The zero-order valence-corrected chi connectivity index (χ0v) is 9.53. The van der Waals surface area contributed by atoms with Crippen LogP contribution in [0.25, 0.3) is 11.0 Å². The predicted octanol–water partition coefficient (Wildman–Crippen LogP) is 2.67. The first-order valence-corrected chi connectivity index (χ1v) is 5.96. The van der Waals surface area contributed by atoms with Gasteiger partial charge in [-0.15, -0.1) is 0 Å². The number of fused-ring (bicyclic) bond motifs is 1. The molecule has 3 N–H and O–H groups in total. The van der Waals surface area contributed by atoms with Gasteiger partial charge < -0.3 is 10.7 Å². The molecule has 1 aliphatic rings. The van der Waals surface area contributed by atoms with Crippen LogP contribution in [0.3, 0.4) is 0 Å². The summed E-state index contributed by atoms with van der Waals surface area (Å²) in [6.07, 6.45) is 3.90.